The first-order valence-electron chi connectivity index (χ1n) is 8.12. The summed E-state index contributed by atoms with van der Waals surface area (Å²) in [6.45, 7) is 1.28. The summed E-state index contributed by atoms with van der Waals surface area (Å²) in [5, 5.41) is 2.65. The second-order valence-electron chi connectivity index (χ2n) is 5.81. The summed E-state index contributed by atoms with van der Waals surface area (Å²) in [7, 11) is 1.11. The van der Waals surface area contributed by atoms with Crippen molar-refractivity contribution in [1.29, 1.82) is 0 Å². The number of nitrogens with one attached hydrogen (secondary N) is 1. The maximum Gasteiger partial charge on any atom is 0.340 e. The Labute approximate surface area is 140 Å². The molecule has 1 N–H and O–H groups in total. The van der Waals surface area contributed by atoms with Crippen LogP contribution < -0.4 is 5.32 Å². The molecule has 24 heavy (non-hydrogen) atoms. The van der Waals surface area contributed by atoms with Crippen molar-refractivity contribution in [3.05, 3.63) is 29.3 Å². The zero-order valence-electron chi connectivity index (χ0n) is 13.7. The Morgan fingerprint density at radius 2 is 1.71 bits per heavy atom. The molecule has 0 spiro atoms. The van der Waals surface area contributed by atoms with E-state index in [0.29, 0.717) is 19.2 Å². The van der Waals surface area contributed by atoms with Gasteiger partial charge in [-0.2, -0.15) is 0 Å². The summed E-state index contributed by atoms with van der Waals surface area (Å²) < 4.78 is 31.9. The number of rotatable bonds is 4. The highest BCUT2D eigenvalue weighted by Gasteiger charge is 2.18. The fourth-order valence-electron chi connectivity index (χ4n) is 2.73. The lowest BCUT2D eigenvalue weighted by molar-refractivity contribution is -0.129. The van der Waals surface area contributed by atoms with E-state index in [1.54, 1.807) is 4.90 Å². The van der Waals surface area contributed by atoms with Gasteiger partial charge in [-0.15, -0.1) is 0 Å². The summed E-state index contributed by atoms with van der Waals surface area (Å²) in [5.41, 5.74) is -0.475. The Bertz CT molecular complexity index is 600. The lowest BCUT2D eigenvalue weighted by Crippen LogP contribution is -2.37. The molecule has 0 atom stereocenters. The van der Waals surface area contributed by atoms with Gasteiger partial charge in [0, 0.05) is 19.2 Å². The van der Waals surface area contributed by atoms with Gasteiger partial charge in [-0.05, 0) is 18.9 Å². The molecule has 5 nitrogen and oxygen atoms in total. The van der Waals surface area contributed by atoms with Crippen molar-refractivity contribution in [3.63, 3.8) is 0 Å². The van der Waals surface area contributed by atoms with Crippen LogP contribution in [0.25, 0.3) is 0 Å². The minimum absolute atomic E-state index is 0.0998. The Kier molecular flexibility index (Phi) is 6.52. The van der Waals surface area contributed by atoms with E-state index >= 15 is 0 Å². The molecule has 1 saturated heterocycles. The average Bonchev–Trinajstić information content (AvgIpc) is 2.52. The summed E-state index contributed by atoms with van der Waals surface area (Å²) in [5.74, 6) is -2.90. The minimum Gasteiger partial charge on any atom is -0.465 e. The largest absolute Gasteiger partial charge is 0.465 e. The fraction of sp³-hybridized carbons (Fsp3) is 0.529. The fourth-order valence-corrected chi connectivity index (χ4v) is 2.73. The summed E-state index contributed by atoms with van der Waals surface area (Å²) >= 11 is 0. The topological polar surface area (TPSA) is 58.6 Å². The number of benzene rings is 1. The third-order valence-corrected chi connectivity index (χ3v) is 4.10. The zero-order chi connectivity index (χ0) is 17.5. The molecule has 2 rings (SSSR count). The Balaban J connectivity index is 2.02. The number of nitrogens with zero attached hydrogens (tertiary/aromatic N) is 1. The molecule has 7 heteroatoms. The molecule has 0 aliphatic carbocycles. The van der Waals surface area contributed by atoms with Crippen molar-refractivity contribution in [2.45, 2.75) is 32.1 Å². The van der Waals surface area contributed by atoms with Crippen LogP contribution in [-0.4, -0.2) is 43.5 Å². The molecule has 0 bridgehead atoms. The highest BCUT2D eigenvalue weighted by molar-refractivity contribution is 5.91. The summed E-state index contributed by atoms with van der Waals surface area (Å²) in [4.78, 5) is 25.5. The Morgan fingerprint density at radius 1 is 1.08 bits per heavy atom. The Hall–Kier alpha value is -2.18. The normalized spacial score (nSPS) is 15.4. The predicted molar refractivity (Wildman–Crippen MR) is 85.9 cm³/mol. The lowest BCUT2D eigenvalue weighted by Gasteiger charge is -2.25. The molecule has 0 aromatic heterocycles. The van der Waals surface area contributed by atoms with Gasteiger partial charge in [-0.3, -0.25) is 4.79 Å². The molecule has 0 radical (unpaired) electrons. The van der Waals surface area contributed by atoms with Gasteiger partial charge in [0.2, 0.25) is 5.91 Å². The van der Waals surface area contributed by atoms with Crippen LogP contribution in [0.2, 0.25) is 0 Å². The number of amides is 1. The maximum absolute atomic E-state index is 13.8. The van der Waals surface area contributed by atoms with Crippen LogP contribution in [0.5, 0.6) is 0 Å². The SMILES string of the molecule is COC(=O)c1cc(NCC(=O)N2CCCCCCC2)c(F)cc1F. The number of esters is 1. The molecular formula is C17H22F2N2O3. The van der Waals surface area contributed by atoms with Gasteiger partial charge in [-0.25, -0.2) is 13.6 Å². The first kappa shape index (κ1) is 18.2. The third-order valence-electron chi connectivity index (χ3n) is 4.10. The smallest absolute Gasteiger partial charge is 0.340 e. The van der Waals surface area contributed by atoms with Gasteiger partial charge >= 0.3 is 5.97 Å². The van der Waals surface area contributed by atoms with Crippen LogP contribution in [0.4, 0.5) is 14.5 Å². The van der Waals surface area contributed by atoms with Gasteiger partial charge in [0.1, 0.15) is 11.6 Å². The highest BCUT2D eigenvalue weighted by atomic mass is 19.1. The first-order valence-corrected chi connectivity index (χ1v) is 8.12. The van der Waals surface area contributed by atoms with Crippen LogP contribution >= 0.6 is 0 Å². The lowest BCUT2D eigenvalue weighted by atomic mass is 10.1. The number of halogens is 2. The van der Waals surface area contributed by atoms with Gasteiger partial charge in [0.05, 0.1) is 24.9 Å². The number of likely N-dealkylation sites (tertiary alicyclic amines) is 1. The summed E-state index contributed by atoms with van der Waals surface area (Å²) in [6, 6.07) is 1.63. The molecule has 1 fully saturated rings. The van der Waals surface area contributed by atoms with E-state index in [4.69, 9.17) is 0 Å². The molecule has 1 amide bonds. The van der Waals surface area contributed by atoms with Crippen LogP contribution in [0.1, 0.15) is 42.5 Å². The van der Waals surface area contributed by atoms with Crippen LogP contribution in [0, 0.1) is 11.6 Å². The molecule has 1 aliphatic rings. The van der Waals surface area contributed by atoms with E-state index in [2.05, 4.69) is 10.1 Å². The Morgan fingerprint density at radius 3 is 2.33 bits per heavy atom. The monoisotopic (exact) mass is 340 g/mol. The number of anilines is 1. The van der Waals surface area contributed by atoms with E-state index in [9.17, 15) is 18.4 Å². The van der Waals surface area contributed by atoms with Gasteiger partial charge < -0.3 is 15.0 Å². The first-order chi connectivity index (χ1) is 11.5. The number of carbonyl (C=O) groups excluding carboxylic acids is 2. The van der Waals surface area contributed by atoms with Crippen molar-refractivity contribution in [2.75, 3.05) is 32.1 Å². The summed E-state index contributed by atoms with van der Waals surface area (Å²) in [6.07, 6.45) is 5.32. The van der Waals surface area contributed by atoms with Crippen molar-refractivity contribution < 1.29 is 23.1 Å². The van der Waals surface area contributed by atoms with E-state index in [-0.39, 0.29) is 23.7 Å². The quantitative estimate of drug-likeness (QED) is 0.856. The van der Waals surface area contributed by atoms with Gasteiger partial charge in [0.25, 0.3) is 0 Å². The third kappa shape index (κ3) is 4.66. The van der Waals surface area contributed by atoms with Gasteiger partial charge in [-0.1, -0.05) is 19.3 Å². The van der Waals surface area contributed by atoms with Crippen LogP contribution in [0.3, 0.4) is 0 Å². The zero-order valence-corrected chi connectivity index (χ0v) is 13.7. The molecule has 1 heterocycles. The van der Waals surface area contributed by atoms with E-state index in [1.807, 2.05) is 0 Å². The molecular weight excluding hydrogens is 318 g/mol. The second-order valence-corrected chi connectivity index (χ2v) is 5.81. The van der Waals surface area contributed by atoms with Crippen molar-refractivity contribution in [1.82, 2.24) is 4.90 Å². The van der Waals surface area contributed by atoms with Crippen LogP contribution in [0.15, 0.2) is 12.1 Å². The standard InChI is InChI=1S/C17H22F2N2O3/c1-24-17(23)12-9-15(14(19)10-13(12)18)20-11-16(22)21-7-5-3-2-4-6-8-21/h9-10,20H,2-8,11H2,1H3. The second kappa shape index (κ2) is 8.61. The molecule has 0 unspecified atom stereocenters. The number of ether oxygens (including phenoxy) is 1. The highest BCUT2D eigenvalue weighted by Crippen LogP contribution is 2.20. The van der Waals surface area contributed by atoms with Gasteiger partial charge in [0.15, 0.2) is 0 Å². The van der Waals surface area contributed by atoms with E-state index < -0.39 is 17.6 Å². The molecule has 0 saturated carbocycles. The van der Waals surface area contributed by atoms with Crippen molar-refractivity contribution in [3.8, 4) is 0 Å². The molecule has 132 valence electrons. The van der Waals surface area contributed by atoms with E-state index in [1.165, 1.54) is 6.42 Å². The molecule has 1 aromatic rings. The van der Waals surface area contributed by atoms with Crippen LogP contribution in [-0.2, 0) is 9.53 Å². The average molecular weight is 340 g/mol. The van der Waals surface area contributed by atoms with E-state index in [0.717, 1.165) is 38.9 Å². The number of hydrogen-bond donors (Lipinski definition) is 1. The number of carbonyl (C=O) groups is 2. The number of methoxy groups -OCH3 is 1. The molecule has 1 aromatic carbocycles. The number of hydrogen-bond acceptors (Lipinski definition) is 4. The maximum atomic E-state index is 13.8. The minimum atomic E-state index is -1.00. The molecule has 1 aliphatic heterocycles. The van der Waals surface area contributed by atoms with Crippen molar-refractivity contribution >= 4 is 17.6 Å². The van der Waals surface area contributed by atoms with Crippen molar-refractivity contribution in [2.24, 2.45) is 0 Å². The predicted octanol–water partition coefficient (Wildman–Crippen LogP) is 2.96.